The molecule has 4 heteroatoms. The van der Waals surface area contributed by atoms with E-state index in [0.717, 1.165) is 24.2 Å². The van der Waals surface area contributed by atoms with Gasteiger partial charge in [0.25, 0.3) is 0 Å². The van der Waals surface area contributed by atoms with Gasteiger partial charge in [-0.1, -0.05) is 18.2 Å². The molecule has 3 aromatic rings. The Morgan fingerprint density at radius 1 is 1.08 bits per heavy atom. The van der Waals surface area contributed by atoms with Crippen LogP contribution < -0.4 is 4.90 Å². The van der Waals surface area contributed by atoms with Gasteiger partial charge < -0.3 is 15.1 Å². The maximum Gasteiger partial charge on any atom is 0.120 e. The lowest BCUT2D eigenvalue weighted by molar-refractivity contribution is 0.470. The maximum atomic E-state index is 10.1. The molecule has 0 aliphatic carbocycles. The zero-order chi connectivity index (χ0) is 16.7. The first kappa shape index (κ1) is 15.1. The van der Waals surface area contributed by atoms with E-state index in [1.807, 2.05) is 31.2 Å². The fourth-order valence-electron chi connectivity index (χ4n) is 3.42. The van der Waals surface area contributed by atoms with Crippen molar-refractivity contribution in [3.8, 4) is 11.5 Å². The van der Waals surface area contributed by atoms with Crippen molar-refractivity contribution in [3.63, 3.8) is 0 Å². The molecule has 1 aliphatic heterocycles. The summed E-state index contributed by atoms with van der Waals surface area (Å²) in [5.41, 5.74) is 4.33. The fraction of sp³-hybridized carbons (Fsp3) is 0.200. The van der Waals surface area contributed by atoms with Crippen LogP contribution in [0.1, 0.15) is 27.6 Å². The number of hydrogen-bond donors (Lipinski definition) is 2. The van der Waals surface area contributed by atoms with E-state index in [4.69, 9.17) is 0 Å². The zero-order valence-electron chi connectivity index (χ0n) is 13.4. The molecule has 1 unspecified atom stereocenters. The highest BCUT2D eigenvalue weighted by molar-refractivity contribution is 7.10. The van der Waals surface area contributed by atoms with E-state index < -0.39 is 0 Å². The Hall–Kier alpha value is -2.46. The van der Waals surface area contributed by atoms with Gasteiger partial charge in [-0.05, 0) is 59.7 Å². The minimum absolute atomic E-state index is 0.108. The van der Waals surface area contributed by atoms with E-state index in [1.165, 1.54) is 16.0 Å². The van der Waals surface area contributed by atoms with Crippen LogP contribution in [0, 0.1) is 6.92 Å². The van der Waals surface area contributed by atoms with E-state index in [9.17, 15) is 10.2 Å². The highest BCUT2D eigenvalue weighted by atomic mass is 32.1. The summed E-state index contributed by atoms with van der Waals surface area (Å²) in [5.74, 6) is 0.647. The lowest BCUT2D eigenvalue weighted by atomic mass is 9.90. The SMILES string of the molecule is Cc1ccc(N2CCc3cc(O)ccc3C2c2cccs2)cc1O. The Labute approximate surface area is 145 Å². The minimum atomic E-state index is 0.108. The molecule has 3 nitrogen and oxygen atoms in total. The number of anilines is 1. The summed E-state index contributed by atoms with van der Waals surface area (Å²) < 4.78 is 0. The van der Waals surface area contributed by atoms with Crippen LogP contribution in [0.5, 0.6) is 11.5 Å². The van der Waals surface area contributed by atoms with Crippen molar-refractivity contribution < 1.29 is 10.2 Å². The molecule has 24 heavy (non-hydrogen) atoms. The Kier molecular flexibility index (Phi) is 3.69. The molecule has 2 N–H and O–H groups in total. The molecule has 0 saturated carbocycles. The average molecular weight is 337 g/mol. The van der Waals surface area contributed by atoms with Crippen molar-refractivity contribution in [3.05, 3.63) is 75.5 Å². The fourth-order valence-corrected chi connectivity index (χ4v) is 4.28. The number of fused-ring (bicyclic) bond motifs is 1. The summed E-state index contributed by atoms with van der Waals surface area (Å²) in [6, 6.07) is 15.9. The third-order valence-corrected chi connectivity index (χ3v) is 5.62. The molecule has 4 rings (SSSR count). The number of thiophene rings is 1. The molecule has 0 bridgehead atoms. The monoisotopic (exact) mass is 337 g/mol. The van der Waals surface area contributed by atoms with Gasteiger partial charge in [-0.25, -0.2) is 0 Å². The Morgan fingerprint density at radius 2 is 1.96 bits per heavy atom. The first-order chi connectivity index (χ1) is 11.6. The first-order valence-electron chi connectivity index (χ1n) is 8.05. The van der Waals surface area contributed by atoms with Gasteiger partial charge in [0.2, 0.25) is 0 Å². The molecular formula is C20H19NO2S. The summed E-state index contributed by atoms with van der Waals surface area (Å²) >= 11 is 1.74. The van der Waals surface area contributed by atoms with Gasteiger partial charge in [0.15, 0.2) is 0 Å². The molecule has 1 aromatic heterocycles. The number of phenols is 2. The van der Waals surface area contributed by atoms with Gasteiger partial charge in [0.05, 0.1) is 6.04 Å². The van der Waals surface area contributed by atoms with Crippen LogP contribution >= 0.6 is 11.3 Å². The Morgan fingerprint density at radius 3 is 2.71 bits per heavy atom. The van der Waals surface area contributed by atoms with Gasteiger partial charge in [0.1, 0.15) is 11.5 Å². The number of aryl methyl sites for hydroxylation is 1. The molecule has 1 atom stereocenters. The van der Waals surface area contributed by atoms with Crippen molar-refractivity contribution in [2.24, 2.45) is 0 Å². The van der Waals surface area contributed by atoms with E-state index in [1.54, 1.807) is 17.4 Å². The predicted molar refractivity (Wildman–Crippen MR) is 98.2 cm³/mol. The average Bonchev–Trinajstić information content (AvgIpc) is 3.10. The normalized spacial score (nSPS) is 16.9. The molecule has 0 spiro atoms. The molecule has 0 amide bonds. The number of hydrogen-bond acceptors (Lipinski definition) is 4. The Bertz CT molecular complexity index is 873. The second-order valence-electron chi connectivity index (χ2n) is 6.22. The number of aromatic hydroxyl groups is 2. The molecule has 2 heterocycles. The van der Waals surface area contributed by atoms with Crippen LogP contribution in [0.4, 0.5) is 5.69 Å². The topological polar surface area (TPSA) is 43.7 Å². The number of phenolic OH excluding ortho intramolecular Hbond substituents is 2. The molecule has 1 aliphatic rings. The second kappa shape index (κ2) is 5.87. The van der Waals surface area contributed by atoms with Crippen LogP contribution in [0.2, 0.25) is 0 Å². The van der Waals surface area contributed by atoms with Gasteiger partial charge in [-0.15, -0.1) is 11.3 Å². The second-order valence-corrected chi connectivity index (χ2v) is 7.19. The largest absolute Gasteiger partial charge is 0.508 e. The summed E-state index contributed by atoms with van der Waals surface area (Å²) in [5, 5.41) is 22.0. The van der Waals surface area contributed by atoms with Gasteiger partial charge in [-0.3, -0.25) is 0 Å². The van der Waals surface area contributed by atoms with Crippen LogP contribution in [0.25, 0.3) is 0 Å². The van der Waals surface area contributed by atoms with Crippen LogP contribution in [0.15, 0.2) is 53.9 Å². The first-order valence-corrected chi connectivity index (χ1v) is 8.93. The molecular weight excluding hydrogens is 318 g/mol. The highest BCUT2D eigenvalue weighted by Crippen LogP contribution is 2.41. The minimum Gasteiger partial charge on any atom is -0.508 e. The summed E-state index contributed by atoms with van der Waals surface area (Å²) in [7, 11) is 0. The molecule has 0 radical (unpaired) electrons. The van der Waals surface area contributed by atoms with Crippen LogP contribution in [0.3, 0.4) is 0 Å². The van der Waals surface area contributed by atoms with E-state index in [-0.39, 0.29) is 6.04 Å². The molecule has 122 valence electrons. The highest BCUT2D eigenvalue weighted by Gasteiger charge is 2.30. The van der Waals surface area contributed by atoms with E-state index >= 15 is 0 Å². The van der Waals surface area contributed by atoms with Gasteiger partial charge in [0, 0.05) is 23.2 Å². The van der Waals surface area contributed by atoms with Crippen molar-refractivity contribution in [1.82, 2.24) is 0 Å². The van der Waals surface area contributed by atoms with Gasteiger partial charge in [-0.2, -0.15) is 0 Å². The Balaban J connectivity index is 1.84. The van der Waals surface area contributed by atoms with Crippen LogP contribution in [-0.2, 0) is 6.42 Å². The van der Waals surface area contributed by atoms with Gasteiger partial charge >= 0.3 is 0 Å². The van der Waals surface area contributed by atoms with Crippen LogP contribution in [-0.4, -0.2) is 16.8 Å². The van der Waals surface area contributed by atoms with Crippen molar-refractivity contribution >= 4 is 17.0 Å². The lowest BCUT2D eigenvalue weighted by Crippen LogP contribution is -2.35. The molecule has 0 fully saturated rings. The number of rotatable bonds is 2. The quantitative estimate of drug-likeness (QED) is 0.717. The number of benzene rings is 2. The van der Waals surface area contributed by atoms with E-state index in [0.29, 0.717) is 11.5 Å². The van der Waals surface area contributed by atoms with Crippen molar-refractivity contribution in [1.29, 1.82) is 0 Å². The smallest absolute Gasteiger partial charge is 0.120 e. The third kappa shape index (κ3) is 2.53. The molecule has 2 aromatic carbocycles. The number of nitrogens with zero attached hydrogens (tertiary/aromatic N) is 1. The standard InChI is InChI=1S/C20H19NO2S/c1-13-4-5-15(12-18(13)23)21-9-8-14-11-16(22)6-7-17(14)20(21)19-3-2-10-24-19/h2-7,10-12,20,22-23H,8-9H2,1H3. The lowest BCUT2D eigenvalue weighted by Gasteiger charge is -2.39. The summed E-state index contributed by atoms with van der Waals surface area (Å²) in [4.78, 5) is 3.60. The molecule has 0 saturated heterocycles. The predicted octanol–water partition coefficient (Wildman–Crippen LogP) is 4.62. The summed E-state index contributed by atoms with van der Waals surface area (Å²) in [6.45, 7) is 2.76. The van der Waals surface area contributed by atoms with E-state index in [2.05, 4.69) is 28.5 Å². The zero-order valence-corrected chi connectivity index (χ0v) is 14.3. The van der Waals surface area contributed by atoms with Crippen molar-refractivity contribution in [2.75, 3.05) is 11.4 Å². The van der Waals surface area contributed by atoms with Crippen molar-refractivity contribution in [2.45, 2.75) is 19.4 Å². The third-order valence-electron chi connectivity index (χ3n) is 4.69. The summed E-state index contributed by atoms with van der Waals surface area (Å²) in [6.07, 6.45) is 0.875. The maximum absolute atomic E-state index is 10.1.